The van der Waals surface area contributed by atoms with Crippen LogP contribution in [0.25, 0.3) is 5.69 Å². The van der Waals surface area contributed by atoms with Crippen molar-refractivity contribution >= 4 is 0 Å². The molecule has 1 atom stereocenters. The predicted octanol–water partition coefficient (Wildman–Crippen LogP) is 2.95. The van der Waals surface area contributed by atoms with Gasteiger partial charge in [-0.25, -0.2) is 4.68 Å². The van der Waals surface area contributed by atoms with E-state index in [9.17, 15) is 5.11 Å². The molecule has 0 bridgehead atoms. The third-order valence-corrected chi connectivity index (χ3v) is 3.10. The van der Waals surface area contributed by atoms with Gasteiger partial charge in [-0.2, -0.15) is 5.10 Å². The van der Waals surface area contributed by atoms with E-state index >= 15 is 0 Å². The van der Waals surface area contributed by atoms with Crippen molar-refractivity contribution < 1.29 is 5.11 Å². The first-order valence-electron chi connectivity index (χ1n) is 6.18. The number of para-hydroxylation sites is 1. The predicted molar refractivity (Wildman–Crippen MR) is 74.1 cm³/mol. The minimum atomic E-state index is -0.651. The summed E-state index contributed by atoms with van der Waals surface area (Å²) in [6, 6.07) is 19.2. The Morgan fingerprint density at radius 2 is 1.63 bits per heavy atom. The maximum atomic E-state index is 10.5. The van der Waals surface area contributed by atoms with Gasteiger partial charge >= 0.3 is 0 Å². The standard InChI is InChI=1S/C16H14N2O/c19-16(13-7-2-1-3-8-13)14-9-4-5-10-15(14)18-12-6-11-17-18/h1-12,16,19H/t16-/m0/s1. The Balaban J connectivity index is 2.06. The van der Waals surface area contributed by atoms with Crippen LogP contribution in [-0.2, 0) is 0 Å². The van der Waals surface area contributed by atoms with Gasteiger partial charge in [0.05, 0.1) is 5.69 Å². The molecule has 1 aromatic heterocycles. The number of aromatic nitrogens is 2. The average molecular weight is 250 g/mol. The summed E-state index contributed by atoms with van der Waals surface area (Å²) in [5, 5.41) is 14.8. The first-order chi connectivity index (χ1) is 9.36. The number of rotatable bonds is 3. The molecule has 0 fully saturated rings. The third kappa shape index (κ3) is 2.28. The van der Waals surface area contributed by atoms with Gasteiger partial charge in [-0.3, -0.25) is 0 Å². The number of benzene rings is 2. The molecule has 19 heavy (non-hydrogen) atoms. The lowest BCUT2D eigenvalue weighted by Gasteiger charge is -2.15. The molecular formula is C16H14N2O. The monoisotopic (exact) mass is 250 g/mol. The average Bonchev–Trinajstić information content (AvgIpc) is 3.01. The van der Waals surface area contributed by atoms with Crippen molar-refractivity contribution in [3.05, 3.63) is 84.2 Å². The van der Waals surface area contributed by atoms with Gasteiger partial charge in [-0.05, 0) is 17.7 Å². The Morgan fingerprint density at radius 3 is 2.37 bits per heavy atom. The minimum absolute atomic E-state index is 0.651. The molecule has 1 heterocycles. The molecule has 3 nitrogen and oxygen atoms in total. The maximum absolute atomic E-state index is 10.5. The van der Waals surface area contributed by atoms with Crippen molar-refractivity contribution in [2.75, 3.05) is 0 Å². The summed E-state index contributed by atoms with van der Waals surface area (Å²) >= 11 is 0. The number of hydrogen-bond donors (Lipinski definition) is 1. The van der Waals surface area contributed by atoms with Crippen LogP contribution >= 0.6 is 0 Å². The van der Waals surface area contributed by atoms with Crippen molar-refractivity contribution in [1.29, 1.82) is 0 Å². The van der Waals surface area contributed by atoms with E-state index in [1.165, 1.54) is 0 Å². The smallest absolute Gasteiger partial charge is 0.106 e. The highest BCUT2D eigenvalue weighted by molar-refractivity contribution is 5.45. The zero-order valence-corrected chi connectivity index (χ0v) is 10.3. The van der Waals surface area contributed by atoms with E-state index in [0.29, 0.717) is 0 Å². The second kappa shape index (κ2) is 5.08. The second-order valence-corrected chi connectivity index (χ2v) is 4.32. The topological polar surface area (TPSA) is 38.0 Å². The molecule has 0 aliphatic carbocycles. The number of hydrogen-bond acceptors (Lipinski definition) is 2. The van der Waals surface area contributed by atoms with Gasteiger partial charge in [-0.1, -0.05) is 48.5 Å². The van der Waals surface area contributed by atoms with E-state index in [1.54, 1.807) is 10.9 Å². The molecule has 3 heteroatoms. The molecule has 0 amide bonds. The lowest BCUT2D eigenvalue weighted by molar-refractivity contribution is 0.220. The lowest BCUT2D eigenvalue weighted by Crippen LogP contribution is -2.06. The summed E-state index contributed by atoms with van der Waals surface area (Å²) in [6.07, 6.45) is 2.95. The van der Waals surface area contributed by atoms with Crippen molar-refractivity contribution in [2.24, 2.45) is 0 Å². The van der Waals surface area contributed by atoms with Crippen LogP contribution in [0.15, 0.2) is 73.1 Å². The van der Waals surface area contributed by atoms with Crippen LogP contribution in [0.4, 0.5) is 0 Å². The molecular weight excluding hydrogens is 236 g/mol. The molecule has 0 unspecified atom stereocenters. The SMILES string of the molecule is O[C@@H](c1ccccc1)c1ccccc1-n1cccn1. The van der Waals surface area contributed by atoms with Crippen LogP contribution in [0.3, 0.4) is 0 Å². The van der Waals surface area contributed by atoms with Crippen molar-refractivity contribution in [2.45, 2.75) is 6.10 Å². The molecule has 0 radical (unpaired) electrons. The molecule has 0 saturated heterocycles. The van der Waals surface area contributed by atoms with Crippen molar-refractivity contribution in [3.63, 3.8) is 0 Å². The summed E-state index contributed by atoms with van der Waals surface area (Å²) in [5.41, 5.74) is 2.61. The van der Waals surface area contributed by atoms with Gasteiger partial charge in [0, 0.05) is 18.0 Å². The molecule has 1 N–H and O–H groups in total. The molecule has 2 aromatic carbocycles. The molecule has 3 aromatic rings. The van der Waals surface area contributed by atoms with Gasteiger partial charge in [0.1, 0.15) is 6.10 Å². The lowest BCUT2D eigenvalue weighted by atomic mass is 10.00. The summed E-state index contributed by atoms with van der Waals surface area (Å²) in [4.78, 5) is 0. The zero-order valence-electron chi connectivity index (χ0n) is 10.3. The minimum Gasteiger partial charge on any atom is -0.384 e. The van der Waals surface area contributed by atoms with E-state index < -0.39 is 6.10 Å². The van der Waals surface area contributed by atoms with Crippen molar-refractivity contribution in [3.8, 4) is 5.69 Å². The normalized spacial score (nSPS) is 12.3. The fourth-order valence-electron chi connectivity index (χ4n) is 2.15. The molecule has 0 aliphatic rings. The Kier molecular flexibility index (Phi) is 3.12. The van der Waals surface area contributed by atoms with E-state index in [2.05, 4.69) is 5.10 Å². The van der Waals surface area contributed by atoms with Crippen LogP contribution < -0.4 is 0 Å². The summed E-state index contributed by atoms with van der Waals surface area (Å²) < 4.78 is 1.77. The third-order valence-electron chi connectivity index (χ3n) is 3.10. The van der Waals surface area contributed by atoms with Gasteiger partial charge in [0.15, 0.2) is 0 Å². The van der Waals surface area contributed by atoms with Crippen LogP contribution in [0.1, 0.15) is 17.2 Å². The number of nitrogens with zero attached hydrogens (tertiary/aromatic N) is 2. The van der Waals surface area contributed by atoms with Crippen LogP contribution in [0.2, 0.25) is 0 Å². The summed E-state index contributed by atoms with van der Waals surface area (Å²) in [7, 11) is 0. The van der Waals surface area contributed by atoms with E-state index in [-0.39, 0.29) is 0 Å². The van der Waals surface area contributed by atoms with E-state index in [4.69, 9.17) is 0 Å². The van der Waals surface area contributed by atoms with Gasteiger partial charge in [-0.15, -0.1) is 0 Å². The van der Waals surface area contributed by atoms with E-state index in [0.717, 1.165) is 16.8 Å². The second-order valence-electron chi connectivity index (χ2n) is 4.32. The summed E-state index contributed by atoms with van der Waals surface area (Å²) in [6.45, 7) is 0. The fraction of sp³-hybridized carbons (Fsp3) is 0.0625. The highest BCUT2D eigenvalue weighted by Gasteiger charge is 2.14. The molecule has 3 rings (SSSR count). The van der Waals surface area contributed by atoms with Gasteiger partial charge in [0.25, 0.3) is 0 Å². The Bertz CT molecular complexity index is 648. The quantitative estimate of drug-likeness (QED) is 0.776. The van der Waals surface area contributed by atoms with Crippen molar-refractivity contribution in [1.82, 2.24) is 9.78 Å². The largest absolute Gasteiger partial charge is 0.384 e. The Morgan fingerprint density at radius 1 is 0.895 bits per heavy atom. The van der Waals surface area contributed by atoms with Crippen LogP contribution in [-0.4, -0.2) is 14.9 Å². The fourth-order valence-corrected chi connectivity index (χ4v) is 2.15. The zero-order chi connectivity index (χ0) is 13.1. The van der Waals surface area contributed by atoms with Gasteiger partial charge in [0.2, 0.25) is 0 Å². The highest BCUT2D eigenvalue weighted by atomic mass is 16.3. The number of aliphatic hydroxyl groups is 1. The van der Waals surface area contributed by atoms with Crippen LogP contribution in [0, 0.1) is 0 Å². The molecule has 0 spiro atoms. The van der Waals surface area contributed by atoms with Gasteiger partial charge < -0.3 is 5.11 Å². The maximum Gasteiger partial charge on any atom is 0.106 e. The summed E-state index contributed by atoms with van der Waals surface area (Å²) in [5.74, 6) is 0. The first kappa shape index (κ1) is 11.7. The van der Waals surface area contributed by atoms with Crippen LogP contribution in [0.5, 0.6) is 0 Å². The van der Waals surface area contributed by atoms with E-state index in [1.807, 2.05) is 66.9 Å². The molecule has 94 valence electrons. The highest BCUT2D eigenvalue weighted by Crippen LogP contribution is 2.26. The molecule has 0 aliphatic heterocycles. The molecule has 0 saturated carbocycles. The first-order valence-corrected chi connectivity index (χ1v) is 6.18. The Labute approximate surface area is 111 Å². The number of aliphatic hydroxyl groups excluding tert-OH is 1. The Hall–Kier alpha value is -2.39.